The molecule has 3 nitrogen and oxygen atoms in total. The molecule has 0 spiro atoms. The van der Waals surface area contributed by atoms with Gasteiger partial charge in [0.1, 0.15) is 11.9 Å². The Bertz CT molecular complexity index is 648. The average Bonchev–Trinajstić information content (AvgIpc) is 2.38. The molecule has 1 aliphatic rings. The van der Waals surface area contributed by atoms with E-state index in [1.54, 1.807) is 19.1 Å². The molecule has 0 aliphatic heterocycles. The fraction of sp³-hybridized carbons (Fsp3) is 0.500. The van der Waals surface area contributed by atoms with Crippen molar-refractivity contribution in [1.82, 2.24) is 0 Å². The Morgan fingerprint density at radius 1 is 1.33 bits per heavy atom. The second kappa shape index (κ2) is 6.41. The van der Waals surface area contributed by atoms with E-state index in [-0.39, 0.29) is 16.9 Å². The maximum Gasteiger partial charge on any atom is 0.261 e. The Labute approximate surface area is 131 Å². The van der Waals surface area contributed by atoms with Gasteiger partial charge in [-0.3, -0.25) is 0 Å². The van der Waals surface area contributed by atoms with E-state index in [1.807, 2.05) is 13.8 Å². The van der Waals surface area contributed by atoms with Crippen LogP contribution in [0.5, 0.6) is 5.75 Å². The van der Waals surface area contributed by atoms with Crippen LogP contribution in [0.15, 0.2) is 29.2 Å². The Morgan fingerprint density at radius 3 is 2.57 bits per heavy atom. The first-order valence-corrected chi connectivity index (χ1v) is 9.52. The van der Waals surface area contributed by atoms with Crippen molar-refractivity contribution in [2.75, 3.05) is 0 Å². The maximum atomic E-state index is 11.6. The van der Waals surface area contributed by atoms with E-state index in [2.05, 4.69) is 12.2 Å². The highest BCUT2D eigenvalue weighted by molar-refractivity contribution is 8.13. The zero-order valence-corrected chi connectivity index (χ0v) is 14.2. The smallest absolute Gasteiger partial charge is 0.261 e. The van der Waals surface area contributed by atoms with E-state index in [0.29, 0.717) is 5.56 Å². The van der Waals surface area contributed by atoms with Crippen molar-refractivity contribution >= 4 is 19.7 Å². The van der Waals surface area contributed by atoms with Gasteiger partial charge in [0.05, 0.1) is 4.90 Å². The van der Waals surface area contributed by atoms with Gasteiger partial charge in [0.25, 0.3) is 9.05 Å². The molecule has 1 aromatic rings. The lowest BCUT2D eigenvalue weighted by Gasteiger charge is -2.22. The van der Waals surface area contributed by atoms with Gasteiger partial charge >= 0.3 is 0 Å². The summed E-state index contributed by atoms with van der Waals surface area (Å²) in [7, 11) is 1.77. The third kappa shape index (κ3) is 4.01. The van der Waals surface area contributed by atoms with Crippen LogP contribution in [-0.4, -0.2) is 14.5 Å². The molecule has 5 heteroatoms. The maximum absolute atomic E-state index is 11.6. The number of rotatable bonds is 4. The van der Waals surface area contributed by atoms with Crippen LogP contribution >= 0.6 is 10.7 Å². The fourth-order valence-electron chi connectivity index (χ4n) is 2.54. The molecule has 116 valence electrons. The van der Waals surface area contributed by atoms with Crippen LogP contribution < -0.4 is 4.74 Å². The molecule has 0 saturated heterocycles. The van der Waals surface area contributed by atoms with Gasteiger partial charge in [-0.05, 0) is 61.4 Å². The molecule has 2 rings (SSSR count). The number of benzene rings is 1. The van der Waals surface area contributed by atoms with Crippen LogP contribution in [0.3, 0.4) is 0 Å². The molecule has 0 N–H and O–H groups in total. The Hall–Kier alpha value is -1.00. The highest BCUT2D eigenvalue weighted by atomic mass is 35.7. The van der Waals surface area contributed by atoms with E-state index in [4.69, 9.17) is 15.4 Å². The van der Waals surface area contributed by atoms with E-state index in [0.717, 1.165) is 30.6 Å². The molecule has 1 unspecified atom stereocenters. The Kier molecular flexibility index (Phi) is 4.99. The number of halogens is 1. The molecule has 1 atom stereocenters. The van der Waals surface area contributed by atoms with Crippen LogP contribution in [0.1, 0.15) is 50.2 Å². The van der Waals surface area contributed by atoms with Crippen molar-refractivity contribution in [3.8, 4) is 5.75 Å². The summed E-state index contributed by atoms with van der Waals surface area (Å²) in [5.41, 5.74) is 1.49. The van der Waals surface area contributed by atoms with Crippen LogP contribution in [0.25, 0.3) is 0 Å². The number of aryl methyl sites for hydroxylation is 1. The van der Waals surface area contributed by atoms with E-state index < -0.39 is 9.05 Å². The third-order valence-electron chi connectivity index (χ3n) is 3.68. The van der Waals surface area contributed by atoms with Crippen LogP contribution in [-0.2, 0) is 9.05 Å². The largest absolute Gasteiger partial charge is 0.486 e. The van der Waals surface area contributed by atoms with Gasteiger partial charge in [-0.25, -0.2) is 8.42 Å². The van der Waals surface area contributed by atoms with Gasteiger partial charge in [-0.15, -0.1) is 0 Å². The third-order valence-corrected chi connectivity index (χ3v) is 5.14. The molecule has 21 heavy (non-hydrogen) atoms. The lowest BCUT2D eigenvalue weighted by Crippen LogP contribution is -2.17. The van der Waals surface area contributed by atoms with Crippen molar-refractivity contribution in [1.29, 1.82) is 0 Å². The van der Waals surface area contributed by atoms with Gasteiger partial charge in [0.15, 0.2) is 0 Å². The summed E-state index contributed by atoms with van der Waals surface area (Å²) in [6.07, 6.45) is 7.48. The quantitative estimate of drug-likeness (QED) is 0.602. The van der Waals surface area contributed by atoms with Gasteiger partial charge < -0.3 is 4.74 Å². The van der Waals surface area contributed by atoms with Gasteiger partial charge in [-0.1, -0.05) is 19.9 Å². The lowest BCUT2D eigenvalue weighted by atomic mass is 9.99. The Morgan fingerprint density at radius 2 is 2.05 bits per heavy atom. The predicted octanol–water partition coefficient (Wildman–Crippen LogP) is 4.53. The topological polar surface area (TPSA) is 43.4 Å². The second-order valence-electron chi connectivity index (χ2n) is 5.76. The van der Waals surface area contributed by atoms with Crippen LogP contribution in [0.4, 0.5) is 0 Å². The summed E-state index contributed by atoms with van der Waals surface area (Å²) in [4.78, 5) is 0.166. The molecular formula is C16H21ClO3S. The molecule has 0 saturated carbocycles. The van der Waals surface area contributed by atoms with E-state index in [1.165, 1.54) is 0 Å². The summed E-state index contributed by atoms with van der Waals surface area (Å²) in [5, 5.41) is 0. The van der Waals surface area contributed by atoms with Crippen molar-refractivity contribution in [3.63, 3.8) is 0 Å². The molecule has 1 aromatic carbocycles. The molecular weight excluding hydrogens is 308 g/mol. The Balaban J connectivity index is 2.43. The first-order valence-electron chi connectivity index (χ1n) is 7.21. The molecule has 0 amide bonds. The average molecular weight is 329 g/mol. The van der Waals surface area contributed by atoms with Crippen molar-refractivity contribution < 1.29 is 13.2 Å². The standard InChI is InChI=1S/C16H21ClO3S/c1-11(2)14-10-16(21(17,18)19)12(3)9-15(14)20-13-7-5-4-6-8-13/h5,7,9-11,13H,4,6,8H2,1-3H3. The normalized spacial score (nSPS) is 19.0. The summed E-state index contributed by atoms with van der Waals surface area (Å²) in [6, 6.07) is 3.43. The van der Waals surface area contributed by atoms with Crippen molar-refractivity contribution in [2.24, 2.45) is 0 Å². The minimum absolute atomic E-state index is 0.0640. The monoisotopic (exact) mass is 328 g/mol. The summed E-state index contributed by atoms with van der Waals surface area (Å²) >= 11 is 0. The number of ether oxygens (including phenoxy) is 1. The first-order chi connectivity index (χ1) is 9.79. The lowest BCUT2D eigenvalue weighted by molar-refractivity contribution is 0.227. The number of hydrogen-bond donors (Lipinski definition) is 0. The van der Waals surface area contributed by atoms with Gasteiger partial charge in [-0.2, -0.15) is 0 Å². The zero-order valence-electron chi connectivity index (χ0n) is 12.6. The SMILES string of the molecule is Cc1cc(OC2C=CCCC2)c(C(C)C)cc1S(=O)(=O)Cl. The molecule has 0 fully saturated rings. The number of allylic oxidation sites excluding steroid dienone is 1. The fourth-order valence-corrected chi connectivity index (χ4v) is 3.75. The van der Waals surface area contributed by atoms with Crippen LogP contribution in [0, 0.1) is 6.92 Å². The van der Waals surface area contributed by atoms with Crippen molar-refractivity contribution in [3.05, 3.63) is 35.4 Å². The first kappa shape index (κ1) is 16.4. The minimum atomic E-state index is -3.74. The molecule has 0 heterocycles. The van der Waals surface area contributed by atoms with Gasteiger partial charge in [0, 0.05) is 10.7 Å². The summed E-state index contributed by atoms with van der Waals surface area (Å²) in [6.45, 7) is 5.76. The molecule has 0 radical (unpaired) electrons. The predicted molar refractivity (Wildman–Crippen MR) is 85.7 cm³/mol. The number of hydrogen-bond acceptors (Lipinski definition) is 3. The molecule has 0 bridgehead atoms. The highest BCUT2D eigenvalue weighted by Gasteiger charge is 2.20. The molecule has 1 aliphatic carbocycles. The van der Waals surface area contributed by atoms with Gasteiger partial charge in [0.2, 0.25) is 0 Å². The van der Waals surface area contributed by atoms with E-state index >= 15 is 0 Å². The highest BCUT2D eigenvalue weighted by Crippen LogP contribution is 2.34. The molecule has 0 aromatic heterocycles. The summed E-state index contributed by atoms with van der Waals surface area (Å²) < 4.78 is 29.4. The van der Waals surface area contributed by atoms with Crippen LogP contribution in [0.2, 0.25) is 0 Å². The minimum Gasteiger partial charge on any atom is -0.486 e. The summed E-state index contributed by atoms with van der Waals surface area (Å²) in [5.74, 6) is 0.911. The zero-order chi connectivity index (χ0) is 15.6. The second-order valence-corrected chi connectivity index (χ2v) is 8.30. The van der Waals surface area contributed by atoms with E-state index in [9.17, 15) is 8.42 Å². The van der Waals surface area contributed by atoms with Crippen molar-refractivity contribution in [2.45, 2.75) is 57.0 Å².